The average molecular weight is 378 g/mol. The monoisotopic (exact) mass is 378 g/mol. The molecule has 2 amide bonds. The highest BCUT2D eigenvalue weighted by Crippen LogP contribution is 2.20. The lowest BCUT2D eigenvalue weighted by molar-refractivity contribution is 0.134. The number of hydrogen-bond acceptors (Lipinski definition) is 4. The van der Waals surface area contributed by atoms with Crippen LogP contribution in [-0.4, -0.2) is 79.7 Å². The first-order valence-corrected chi connectivity index (χ1v) is 9.91. The molecule has 27 heavy (non-hydrogen) atoms. The van der Waals surface area contributed by atoms with Crippen LogP contribution in [0.15, 0.2) is 18.2 Å². The smallest absolute Gasteiger partial charge is 0.317 e. The Morgan fingerprint density at radius 3 is 2.44 bits per heavy atom. The number of amides is 2. The molecular weight excluding hydrogens is 347 g/mol. The largest absolute Gasteiger partial charge is 0.494 e. The number of halogens is 1. The van der Waals surface area contributed by atoms with Crippen molar-refractivity contribution in [2.75, 3.05) is 52.9 Å². The summed E-state index contributed by atoms with van der Waals surface area (Å²) >= 11 is 0. The lowest BCUT2D eigenvalue weighted by Crippen LogP contribution is -2.54. The van der Waals surface area contributed by atoms with Crippen LogP contribution < -0.4 is 10.1 Å². The first kappa shape index (κ1) is 19.9. The molecule has 0 saturated carbocycles. The molecule has 0 radical (unpaired) electrons. The molecule has 2 fully saturated rings. The van der Waals surface area contributed by atoms with Crippen LogP contribution in [0.25, 0.3) is 0 Å². The fourth-order valence-electron chi connectivity index (χ4n) is 3.83. The Labute approximate surface area is 161 Å². The van der Waals surface area contributed by atoms with Crippen molar-refractivity contribution in [2.24, 2.45) is 0 Å². The van der Waals surface area contributed by atoms with Crippen LogP contribution in [0.5, 0.6) is 5.75 Å². The number of piperazine rings is 1. The Kier molecular flexibility index (Phi) is 6.90. The highest BCUT2D eigenvalue weighted by molar-refractivity contribution is 5.74. The molecule has 1 aromatic rings. The maximum atomic E-state index is 13.8. The van der Waals surface area contributed by atoms with E-state index in [1.807, 2.05) is 11.0 Å². The fourth-order valence-corrected chi connectivity index (χ4v) is 3.83. The van der Waals surface area contributed by atoms with Gasteiger partial charge in [0.1, 0.15) is 0 Å². The summed E-state index contributed by atoms with van der Waals surface area (Å²) < 4.78 is 18.8. The molecule has 0 spiro atoms. The standard InChI is InChI=1S/C20H31FN4O2/c1-3-23-10-12-25(13-11-23)20(26)22-17-6-8-24(9-7-17)15-16-4-5-19(27-2)18(21)14-16/h4-5,14,17H,3,6-13,15H2,1-2H3,(H,22,26). The van der Waals surface area contributed by atoms with Gasteiger partial charge in [-0.2, -0.15) is 0 Å². The summed E-state index contributed by atoms with van der Waals surface area (Å²) in [5, 5.41) is 3.20. The molecule has 6 nitrogen and oxygen atoms in total. The predicted octanol–water partition coefficient (Wildman–Crippen LogP) is 2.15. The van der Waals surface area contributed by atoms with E-state index in [0.29, 0.717) is 0 Å². The topological polar surface area (TPSA) is 48.0 Å². The number of benzene rings is 1. The highest BCUT2D eigenvalue weighted by Gasteiger charge is 2.25. The highest BCUT2D eigenvalue weighted by atomic mass is 19.1. The van der Waals surface area contributed by atoms with E-state index in [2.05, 4.69) is 22.0 Å². The van der Waals surface area contributed by atoms with Crippen LogP contribution in [0.3, 0.4) is 0 Å². The Morgan fingerprint density at radius 2 is 1.85 bits per heavy atom. The molecule has 2 aliphatic heterocycles. The number of piperidine rings is 1. The zero-order valence-corrected chi connectivity index (χ0v) is 16.4. The summed E-state index contributed by atoms with van der Waals surface area (Å²) in [5.74, 6) is -0.0414. The van der Waals surface area contributed by atoms with Gasteiger partial charge >= 0.3 is 6.03 Å². The van der Waals surface area contributed by atoms with Crippen molar-refractivity contribution in [3.8, 4) is 5.75 Å². The summed E-state index contributed by atoms with van der Waals surface area (Å²) in [6.45, 7) is 9.27. The first-order chi connectivity index (χ1) is 13.1. The molecule has 0 aromatic heterocycles. The number of rotatable bonds is 5. The Morgan fingerprint density at radius 1 is 1.15 bits per heavy atom. The fraction of sp³-hybridized carbons (Fsp3) is 0.650. The van der Waals surface area contributed by atoms with Crippen LogP contribution in [-0.2, 0) is 6.54 Å². The van der Waals surface area contributed by atoms with Gasteiger partial charge < -0.3 is 19.9 Å². The van der Waals surface area contributed by atoms with Crippen molar-refractivity contribution in [3.63, 3.8) is 0 Å². The number of hydrogen-bond donors (Lipinski definition) is 1. The molecule has 0 atom stereocenters. The van der Waals surface area contributed by atoms with E-state index in [-0.39, 0.29) is 23.6 Å². The van der Waals surface area contributed by atoms with E-state index in [9.17, 15) is 9.18 Å². The van der Waals surface area contributed by atoms with E-state index >= 15 is 0 Å². The number of carbonyl (C=O) groups excluding carboxylic acids is 1. The van der Waals surface area contributed by atoms with Gasteiger partial charge in [-0.15, -0.1) is 0 Å². The molecule has 1 N–H and O–H groups in total. The van der Waals surface area contributed by atoms with E-state index in [0.717, 1.165) is 70.8 Å². The number of likely N-dealkylation sites (tertiary alicyclic amines) is 1. The molecule has 0 unspecified atom stereocenters. The SMILES string of the molecule is CCN1CCN(C(=O)NC2CCN(Cc3ccc(OC)c(F)c3)CC2)CC1. The molecule has 1 aromatic carbocycles. The maximum Gasteiger partial charge on any atom is 0.317 e. The molecular formula is C20H31FN4O2. The number of methoxy groups -OCH3 is 1. The van der Waals surface area contributed by atoms with Gasteiger partial charge in [-0.05, 0) is 37.1 Å². The van der Waals surface area contributed by atoms with Crippen LogP contribution in [0, 0.1) is 5.82 Å². The third kappa shape index (κ3) is 5.32. The summed E-state index contributed by atoms with van der Waals surface area (Å²) in [6, 6.07) is 5.43. The molecule has 150 valence electrons. The Balaban J connectivity index is 1.41. The summed E-state index contributed by atoms with van der Waals surface area (Å²) in [7, 11) is 1.47. The number of carbonyl (C=O) groups is 1. The van der Waals surface area contributed by atoms with Crippen molar-refractivity contribution in [2.45, 2.75) is 32.4 Å². The van der Waals surface area contributed by atoms with E-state index < -0.39 is 0 Å². The molecule has 3 rings (SSSR count). The third-order valence-electron chi connectivity index (χ3n) is 5.64. The van der Waals surface area contributed by atoms with Crippen LogP contribution in [0.4, 0.5) is 9.18 Å². The van der Waals surface area contributed by atoms with E-state index in [4.69, 9.17) is 4.74 Å². The van der Waals surface area contributed by atoms with Gasteiger partial charge in [-0.3, -0.25) is 4.90 Å². The van der Waals surface area contributed by atoms with E-state index in [1.54, 1.807) is 12.1 Å². The lowest BCUT2D eigenvalue weighted by atomic mass is 10.0. The summed E-state index contributed by atoms with van der Waals surface area (Å²) in [6.07, 6.45) is 1.86. The third-order valence-corrected chi connectivity index (χ3v) is 5.64. The molecule has 2 saturated heterocycles. The number of nitrogens with zero attached hydrogens (tertiary/aromatic N) is 3. The number of likely N-dealkylation sites (N-methyl/N-ethyl adjacent to an activating group) is 1. The van der Waals surface area contributed by atoms with Gasteiger partial charge in [0.15, 0.2) is 11.6 Å². The zero-order chi connectivity index (χ0) is 19.2. The molecule has 0 bridgehead atoms. The Bertz CT molecular complexity index is 626. The number of urea groups is 1. The van der Waals surface area contributed by atoms with Crippen LogP contribution >= 0.6 is 0 Å². The second-order valence-electron chi connectivity index (χ2n) is 7.39. The minimum atomic E-state index is -0.319. The second kappa shape index (κ2) is 9.37. The van der Waals surface area contributed by atoms with Gasteiger partial charge in [-0.1, -0.05) is 13.0 Å². The minimum absolute atomic E-state index is 0.0708. The Hall–Kier alpha value is -1.86. The first-order valence-electron chi connectivity index (χ1n) is 9.91. The van der Waals surface area contributed by atoms with Crippen molar-refractivity contribution >= 4 is 6.03 Å². The summed E-state index contributed by atoms with van der Waals surface area (Å²) in [4.78, 5) is 19.1. The van der Waals surface area contributed by atoms with Crippen LogP contribution in [0.2, 0.25) is 0 Å². The quantitative estimate of drug-likeness (QED) is 0.853. The van der Waals surface area contributed by atoms with Crippen molar-refractivity contribution < 1.29 is 13.9 Å². The van der Waals surface area contributed by atoms with Crippen molar-refractivity contribution in [3.05, 3.63) is 29.6 Å². The lowest BCUT2D eigenvalue weighted by Gasteiger charge is -2.37. The maximum absolute atomic E-state index is 13.8. The van der Waals surface area contributed by atoms with Crippen molar-refractivity contribution in [1.29, 1.82) is 0 Å². The number of nitrogens with one attached hydrogen (secondary N) is 1. The number of ether oxygens (including phenoxy) is 1. The molecule has 0 aliphatic carbocycles. The van der Waals surface area contributed by atoms with Crippen LogP contribution in [0.1, 0.15) is 25.3 Å². The van der Waals surface area contributed by atoms with Gasteiger partial charge in [0, 0.05) is 51.9 Å². The summed E-state index contributed by atoms with van der Waals surface area (Å²) in [5.41, 5.74) is 0.949. The van der Waals surface area contributed by atoms with Gasteiger partial charge in [0.05, 0.1) is 7.11 Å². The van der Waals surface area contributed by atoms with Gasteiger partial charge in [-0.25, -0.2) is 9.18 Å². The molecule has 7 heteroatoms. The second-order valence-corrected chi connectivity index (χ2v) is 7.39. The minimum Gasteiger partial charge on any atom is -0.494 e. The van der Waals surface area contributed by atoms with E-state index in [1.165, 1.54) is 7.11 Å². The predicted molar refractivity (Wildman–Crippen MR) is 103 cm³/mol. The van der Waals surface area contributed by atoms with Gasteiger partial charge in [0.2, 0.25) is 0 Å². The average Bonchev–Trinajstić information content (AvgIpc) is 2.69. The zero-order valence-electron chi connectivity index (χ0n) is 16.4. The normalized spacial score (nSPS) is 19.9. The van der Waals surface area contributed by atoms with Crippen molar-refractivity contribution in [1.82, 2.24) is 20.0 Å². The molecule has 2 aliphatic rings. The van der Waals surface area contributed by atoms with Gasteiger partial charge in [0.25, 0.3) is 0 Å². The molecule has 2 heterocycles.